The van der Waals surface area contributed by atoms with Crippen molar-refractivity contribution in [3.63, 3.8) is 0 Å². The van der Waals surface area contributed by atoms with Crippen LogP contribution in [0.15, 0.2) is 77.1 Å². The molecular weight excluding hydrogens is 418 g/mol. The van der Waals surface area contributed by atoms with Crippen molar-refractivity contribution in [3.05, 3.63) is 82.7 Å². The van der Waals surface area contributed by atoms with Crippen LogP contribution in [0.1, 0.15) is 44.6 Å². The van der Waals surface area contributed by atoms with Gasteiger partial charge < -0.3 is 19.5 Å². The third-order valence-electron chi connectivity index (χ3n) is 5.83. The molecule has 1 aliphatic carbocycles. The highest BCUT2D eigenvalue weighted by Gasteiger charge is 2.39. The Morgan fingerprint density at radius 1 is 1.03 bits per heavy atom. The summed E-state index contributed by atoms with van der Waals surface area (Å²) >= 11 is 0. The maximum atomic E-state index is 13.2. The minimum atomic E-state index is -0.507. The van der Waals surface area contributed by atoms with Crippen LogP contribution < -0.4 is 10.1 Å². The number of carbonyl (C=O) groups excluding carboxylic acids is 2. The molecular formula is C27H29NO5. The first kappa shape index (κ1) is 22.8. The Kier molecular flexibility index (Phi) is 7.25. The molecule has 0 aromatic heterocycles. The number of rotatable bonds is 8. The zero-order valence-corrected chi connectivity index (χ0v) is 19.1. The van der Waals surface area contributed by atoms with Crippen molar-refractivity contribution in [2.45, 2.75) is 39.0 Å². The highest BCUT2D eigenvalue weighted by Crippen LogP contribution is 2.43. The van der Waals surface area contributed by atoms with Gasteiger partial charge in [-0.3, -0.25) is 4.79 Å². The van der Waals surface area contributed by atoms with Crippen molar-refractivity contribution >= 4 is 11.8 Å². The fourth-order valence-electron chi connectivity index (χ4n) is 4.38. The number of hydrogen-bond acceptors (Lipinski definition) is 6. The van der Waals surface area contributed by atoms with Crippen LogP contribution in [0.25, 0.3) is 0 Å². The van der Waals surface area contributed by atoms with Crippen molar-refractivity contribution in [1.82, 2.24) is 5.32 Å². The molecule has 1 atom stereocenters. The standard InChI is InChI=1S/C27H29NO5/c1-3-31-15-16-32-27(30)24-18(2)28-22-13-8-14-23(29)26(22)25(24)19-9-7-12-21(17-19)33-20-10-5-4-6-11-20/h4-7,9-12,17,25,28H,3,8,13-16H2,1-2H3/t25-/m0/s1. The van der Waals surface area contributed by atoms with Gasteiger partial charge in [0.1, 0.15) is 18.1 Å². The van der Waals surface area contributed by atoms with Gasteiger partial charge in [0.2, 0.25) is 0 Å². The Morgan fingerprint density at radius 3 is 2.61 bits per heavy atom. The molecule has 0 amide bonds. The number of ketones is 1. The molecule has 1 heterocycles. The van der Waals surface area contributed by atoms with Gasteiger partial charge in [-0.15, -0.1) is 0 Å². The maximum Gasteiger partial charge on any atom is 0.336 e. The Morgan fingerprint density at radius 2 is 1.82 bits per heavy atom. The number of para-hydroxylation sites is 1. The molecule has 0 unspecified atom stereocenters. The molecule has 0 radical (unpaired) electrons. The van der Waals surface area contributed by atoms with Crippen molar-refractivity contribution in [2.75, 3.05) is 19.8 Å². The van der Waals surface area contributed by atoms with E-state index in [9.17, 15) is 9.59 Å². The summed E-state index contributed by atoms with van der Waals surface area (Å²) in [5, 5.41) is 3.31. The Labute approximate surface area is 194 Å². The highest BCUT2D eigenvalue weighted by atomic mass is 16.6. The van der Waals surface area contributed by atoms with Gasteiger partial charge in [-0.05, 0) is 56.5 Å². The smallest absolute Gasteiger partial charge is 0.336 e. The zero-order chi connectivity index (χ0) is 23.2. The molecule has 6 heteroatoms. The second-order valence-corrected chi connectivity index (χ2v) is 8.09. The molecule has 2 aromatic rings. The molecule has 0 spiro atoms. The van der Waals surface area contributed by atoms with E-state index in [0.717, 1.165) is 29.9 Å². The van der Waals surface area contributed by atoms with Gasteiger partial charge in [-0.1, -0.05) is 30.3 Å². The third-order valence-corrected chi connectivity index (χ3v) is 5.83. The van der Waals surface area contributed by atoms with Crippen LogP contribution >= 0.6 is 0 Å². The fraction of sp³-hybridized carbons (Fsp3) is 0.333. The first-order valence-electron chi connectivity index (χ1n) is 11.4. The van der Waals surface area contributed by atoms with E-state index in [4.69, 9.17) is 14.2 Å². The molecule has 0 fully saturated rings. The molecule has 2 aromatic carbocycles. The third kappa shape index (κ3) is 5.17. The summed E-state index contributed by atoms with van der Waals surface area (Å²) in [7, 11) is 0. The van der Waals surface area contributed by atoms with Crippen LogP contribution in [-0.2, 0) is 19.1 Å². The Hall–Kier alpha value is -3.38. The van der Waals surface area contributed by atoms with E-state index in [2.05, 4.69) is 5.32 Å². The monoisotopic (exact) mass is 447 g/mol. The average Bonchev–Trinajstić information content (AvgIpc) is 2.82. The van der Waals surface area contributed by atoms with Crippen LogP contribution in [-0.4, -0.2) is 31.6 Å². The van der Waals surface area contributed by atoms with E-state index in [1.165, 1.54) is 0 Å². The van der Waals surface area contributed by atoms with Gasteiger partial charge in [-0.2, -0.15) is 0 Å². The summed E-state index contributed by atoms with van der Waals surface area (Å²) in [6.07, 6.45) is 2.06. The molecule has 0 saturated carbocycles. The zero-order valence-electron chi connectivity index (χ0n) is 19.1. The molecule has 1 aliphatic heterocycles. The number of allylic oxidation sites excluding steroid dienone is 3. The van der Waals surface area contributed by atoms with E-state index in [1.54, 1.807) is 0 Å². The van der Waals surface area contributed by atoms with Crippen LogP contribution in [0.5, 0.6) is 11.5 Å². The number of carbonyl (C=O) groups is 2. The van der Waals surface area contributed by atoms with Gasteiger partial charge in [0.25, 0.3) is 0 Å². The lowest BCUT2D eigenvalue weighted by atomic mass is 9.75. The average molecular weight is 448 g/mol. The van der Waals surface area contributed by atoms with Crippen LogP contribution in [0.4, 0.5) is 0 Å². The lowest BCUT2D eigenvalue weighted by Gasteiger charge is -2.34. The minimum Gasteiger partial charge on any atom is -0.460 e. The second kappa shape index (κ2) is 10.5. The second-order valence-electron chi connectivity index (χ2n) is 8.09. The van der Waals surface area contributed by atoms with Crippen LogP contribution in [0.2, 0.25) is 0 Å². The molecule has 0 saturated heterocycles. The topological polar surface area (TPSA) is 73.9 Å². The molecule has 4 rings (SSSR count). The summed E-state index contributed by atoms with van der Waals surface area (Å²) in [6, 6.07) is 17.1. The number of dihydropyridines is 1. The summed E-state index contributed by atoms with van der Waals surface area (Å²) in [6.45, 7) is 4.80. The Bertz CT molecular complexity index is 1090. The maximum absolute atomic E-state index is 13.2. The normalized spacial score (nSPS) is 18.0. The van der Waals surface area contributed by atoms with E-state index in [1.807, 2.05) is 68.4 Å². The number of hydrogen-bond donors (Lipinski definition) is 1. The molecule has 33 heavy (non-hydrogen) atoms. The number of Topliss-reactive ketones (excluding diaryl/α,β-unsaturated/α-hetero) is 1. The van der Waals surface area contributed by atoms with Crippen LogP contribution in [0.3, 0.4) is 0 Å². The van der Waals surface area contributed by atoms with Gasteiger partial charge in [0, 0.05) is 35.9 Å². The molecule has 0 bridgehead atoms. The van der Waals surface area contributed by atoms with Crippen LogP contribution in [0, 0.1) is 0 Å². The van der Waals surface area contributed by atoms with Gasteiger partial charge in [-0.25, -0.2) is 4.79 Å². The van der Waals surface area contributed by atoms with E-state index >= 15 is 0 Å². The largest absolute Gasteiger partial charge is 0.460 e. The number of benzene rings is 2. The summed E-state index contributed by atoms with van der Waals surface area (Å²) in [4.78, 5) is 26.2. The van der Waals surface area contributed by atoms with Crippen molar-refractivity contribution in [1.29, 1.82) is 0 Å². The quantitative estimate of drug-likeness (QED) is 0.452. The van der Waals surface area contributed by atoms with E-state index in [0.29, 0.717) is 42.2 Å². The van der Waals surface area contributed by atoms with E-state index < -0.39 is 11.9 Å². The Balaban J connectivity index is 1.70. The van der Waals surface area contributed by atoms with Gasteiger partial charge in [0.15, 0.2) is 5.78 Å². The lowest BCUT2D eigenvalue weighted by molar-refractivity contribution is -0.140. The molecule has 1 N–H and O–H groups in total. The SMILES string of the molecule is CCOCCOC(=O)C1=C(C)NC2=C(C(=O)CCC2)[C@H]1c1cccc(Oc2ccccc2)c1. The summed E-state index contributed by atoms with van der Waals surface area (Å²) in [5.41, 5.74) is 3.54. The van der Waals surface area contributed by atoms with E-state index in [-0.39, 0.29) is 12.4 Å². The van der Waals surface area contributed by atoms with Crippen molar-refractivity contribution in [2.24, 2.45) is 0 Å². The fourth-order valence-corrected chi connectivity index (χ4v) is 4.38. The van der Waals surface area contributed by atoms with Gasteiger partial charge >= 0.3 is 5.97 Å². The minimum absolute atomic E-state index is 0.0650. The first-order chi connectivity index (χ1) is 16.1. The first-order valence-corrected chi connectivity index (χ1v) is 11.4. The lowest BCUT2D eigenvalue weighted by Crippen LogP contribution is -2.34. The van der Waals surface area contributed by atoms with Gasteiger partial charge in [0.05, 0.1) is 12.2 Å². The molecule has 6 nitrogen and oxygen atoms in total. The number of nitrogens with one attached hydrogen (secondary N) is 1. The molecule has 172 valence electrons. The number of esters is 1. The van der Waals surface area contributed by atoms with Crippen molar-refractivity contribution < 1.29 is 23.8 Å². The predicted octanol–water partition coefficient (Wildman–Crippen LogP) is 5.03. The summed E-state index contributed by atoms with van der Waals surface area (Å²) in [5.74, 6) is 0.479. The summed E-state index contributed by atoms with van der Waals surface area (Å²) < 4.78 is 16.8. The van der Waals surface area contributed by atoms with Crippen molar-refractivity contribution in [3.8, 4) is 11.5 Å². The highest BCUT2D eigenvalue weighted by molar-refractivity contribution is 6.03. The number of ether oxygens (including phenoxy) is 3. The molecule has 2 aliphatic rings. The predicted molar refractivity (Wildman–Crippen MR) is 125 cm³/mol.